The Hall–Kier alpha value is -2.86. The van der Waals surface area contributed by atoms with Crippen LogP contribution in [0, 0.1) is 0 Å². The lowest BCUT2D eigenvalue weighted by Gasteiger charge is -2.32. The van der Waals surface area contributed by atoms with Crippen molar-refractivity contribution in [3.8, 4) is 0 Å². The van der Waals surface area contributed by atoms with Gasteiger partial charge in [-0.1, -0.05) is 31.2 Å². The van der Waals surface area contributed by atoms with Gasteiger partial charge in [0.15, 0.2) is 5.96 Å². The maximum absolute atomic E-state index is 4.45. The van der Waals surface area contributed by atoms with E-state index in [1.807, 2.05) is 19.3 Å². The quantitative estimate of drug-likeness (QED) is 0.406. The van der Waals surface area contributed by atoms with Crippen LogP contribution in [0.4, 0.5) is 0 Å². The summed E-state index contributed by atoms with van der Waals surface area (Å²) >= 11 is 0. The molecule has 0 radical (unpaired) electrons. The summed E-state index contributed by atoms with van der Waals surface area (Å²) in [6.45, 7) is 6.17. The molecule has 0 spiro atoms. The van der Waals surface area contributed by atoms with Gasteiger partial charge in [-0.15, -0.1) is 0 Å². The van der Waals surface area contributed by atoms with Gasteiger partial charge in [0.2, 0.25) is 0 Å². The predicted molar refractivity (Wildman–Crippen MR) is 128 cm³/mol. The molecule has 31 heavy (non-hydrogen) atoms. The summed E-state index contributed by atoms with van der Waals surface area (Å²) in [4.78, 5) is 14.8. The molecule has 0 amide bonds. The minimum absolute atomic E-state index is 0.464. The SMILES string of the molecule is CCc1cccc2c(CCNC(=NC)NC3CCN(Cc4ccccn4)CC3)c[nH]c12. The van der Waals surface area contributed by atoms with E-state index < -0.39 is 0 Å². The molecule has 3 aromatic rings. The molecule has 0 unspecified atom stereocenters. The Labute approximate surface area is 185 Å². The molecule has 6 heteroatoms. The molecule has 1 aliphatic heterocycles. The van der Waals surface area contributed by atoms with E-state index in [2.05, 4.69) is 73.9 Å². The van der Waals surface area contributed by atoms with Crippen LogP contribution in [0.2, 0.25) is 0 Å². The van der Waals surface area contributed by atoms with E-state index >= 15 is 0 Å². The van der Waals surface area contributed by atoms with Gasteiger partial charge in [0, 0.05) is 62.6 Å². The molecule has 6 nitrogen and oxygen atoms in total. The summed E-state index contributed by atoms with van der Waals surface area (Å²) < 4.78 is 0. The first kappa shape index (κ1) is 21.4. The van der Waals surface area contributed by atoms with E-state index in [1.54, 1.807) is 0 Å². The second-order valence-corrected chi connectivity index (χ2v) is 8.27. The Morgan fingerprint density at radius 3 is 2.77 bits per heavy atom. The zero-order valence-corrected chi connectivity index (χ0v) is 18.7. The Morgan fingerprint density at radius 2 is 2.03 bits per heavy atom. The van der Waals surface area contributed by atoms with Gasteiger partial charge in [-0.2, -0.15) is 0 Å². The van der Waals surface area contributed by atoms with Gasteiger partial charge in [0.05, 0.1) is 5.69 Å². The second kappa shape index (κ2) is 10.4. The Kier molecular flexibility index (Phi) is 7.20. The van der Waals surface area contributed by atoms with Gasteiger partial charge in [-0.05, 0) is 48.9 Å². The Balaban J connectivity index is 1.23. The van der Waals surface area contributed by atoms with E-state index in [-0.39, 0.29) is 0 Å². The lowest BCUT2D eigenvalue weighted by atomic mass is 10.0. The highest BCUT2D eigenvalue weighted by molar-refractivity contribution is 5.86. The van der Waals surface area contributed by atoms with Crippen LogP contribution in [0.25, 0.3) is 10.9 Å². The summed E-state index contributed by atoms with van der Waals surface area (Å²) in [5.41, 5.74) is 5.16. The number of aromatic amines is 1. The van der Waals surface area contributed by atoms with Crippen LogP contribution in [0.1, 0.15) is 36.6 Å². The molecule has 0 saturated carbocycles. The third kappa shape index (κ3) is 5.44. The maximum Gasteiger partial charge on any atom is 0.191 e. The van der Waals surface area contributed by atoms with Crippen molar-refractivity contribution in [2.75, 3.05) is 26.7 Å². The largest absolute Gasteiger partial charge is 0.361 e. The number of hydrogen-bond donors (Lipinski definition) is 3. The van der Waals surface area contributed by atoms with Gasteiger partial charge in [-0.25, -0.2) is 0 Å². The highest BCUT2D eigenvalue weighted by Gasteiger charge is 2.20. The van der Waals surface area contributed by atoms with Crippen LogP contribution in [0.5, 0.6) is 0 Å². The average Bonchev–Trinajstić information content (AvgIpc) is 3.23. The van der Waals surface area contributed by atoms with Crippen LogP contribution in [-0.2, 0) is 19.4 Å². The normalized spacial score (nSPS) is 16.0. The number of aliphatic imine (C=N–C) groups is 1. The number of likely N-dealkylation sites (tertiary alicyclic amines) is 1. The molecule has 1 aliphatic rings. The third-order valence-electron chi connectivity index (χ3n) is 6.22. The van der Waals surface area contributed by atoms with Crippen molar-refractivity contribution in [2.45, 2.75) is 45.2 Å². The number of aryl methyl sites for hydroxylation is 1. The number of rotatable bonds is 7. The smallest absolute Gasteiger partial charge is 0.191 e. The van der Waals surface area contributed by atoms with E-state index in [9.17, 15) is 0 Å². The van der Waals surface area contributed by atoms with Gasteiger partial charge in [0.1, 0.15) is 0 Å². The number of pyridine rings is 1. The number of benzene rings is 1. The minimum Gasteiger partial charge on any atom is -0.361 e. The number of nitrogens with one attached hydrogen (secondary N) is 3. The Bertz CT molecular complexity index is 986. The zero-order valence-electron chi connectivity index (χ0n) is 18.7. The summed E-state index contributed by atoms with van der Waals surface area (Å²) in [7, 11) is 1.85. The average molecular weight is 419 g/mol. The van der Waals surface area contributed by atoms with Crippen molar-refractivity contribution in [1.82, 2.24) is 25.5 Å². The molecule has 0 aliphatic carbocycles. The fourth-order valence-electron chi connectivity index (χ4n) is 4.44. The van der Waals surface area contributed by atoms with Crippen molar-refractivity contribution in [1.29, 1.82) is 0 Å². The number of fused-ring (bicyclic) bond motifs is 1. The summed E-state index contributed by atoms with van der Waals surface area (Å²) in [6, 6.07) is 13.2. The third-order valence-corrected chi connectivity index (χ3v) is 6.22. The number of H-pyrrole nitrogens is 1. The van der Waals surface area contributed by atoms with E-state index in [4.69, 9.17) is 0 Å². The minimum atomic E-state index is 0.464. The molecule has 0 bridgehead atoms. The van der Waals surface area contributed by atoms with Crippen LogP contribution in [0.3, 0.4) is 0 Å². The lowest BCUT2D eigenvalue weighted by Crippen LogP contribution is -2.48. The monoisotopic (exact) mass is 418 g/mol. The lowest BCUT2D eigenvalue weighted by molar-refractivity contribution is 0.196. The van der Waals surface area contributed by atoms with Crippen molar-refractivity contribution in [2.24, 2.45) is 4.99 Å². The number of nitrogens with zero attached hydrogens (tertiary/aromatic N) is 3. The van der Waals surface area contributed by atoms with Crippen molar-refractivity contribution < 1.29 is 0 Å². The zero-order chi connectivity index (χ0) is 21.5. The topological polar surface area (TPSA) is 68.3 Å². The standard InChI is InChI=1S/C25H34N6/c1-3-19-7-6-9-23-20(17-29-24(19)23)10-14-28-25(26-2)30-21-11-15-31(16-12-21)18-22-8-4-5-13-27-22/h4-9,13,17,21,29H,3,10-12,14-16,18H2,1-2H3,(H2,26,28,30). The summed E-state index contributed by atoms with van der Waals surface area (Å²) in [6.07, 6.45) is 8.28. The number of para-hydroxylation sites is 1. The highest BCUT2D eigenvalue weighted by Crippen LogP contribution is 2.22. The van der Waals surface area contributed by atoms with Gasteiger partial charge in [-0.3, -0.25) is 14.9 Å². The molecular weight excluding hydrogens is 384 g/mol. The van der Waals surface area contributed by atoms with E-state index in [0.29, 0.717) is 6.04 Å². The molecular formula is C25H34N6. The van der Waals surface area contributed by atoms with E-state index in [1.165, 1.54) is 22.0 Å². The molecule has 2 aromatic heterocycles. The number of aromatic nitrogens is 2. The second-order valence-electron chi connectivity index (χ2n) is 8.27. The molecule has 1 fully saturated rings. The first-order chi connectivity index (χ1) is 15.3. The van der Waals surface area contributed by atoms with Crippen LogP contribution >= 0.6 is 0 Å². The first-order valence-electron chi connectivity index (χ1n) is 11.4. The van der Waals surface area contributed by atoms with Crippen LogP contribution < -0.4 is 10.6 Å². The molecule has 3 heterocycles. The number of piperidine rings is 1. The van der Waals surface area contributed by atoms with Crippen LogP contribution in [0.15, 0.2) is 53.8 Å². The first-order valence-corrected chi connectivity index (χ1v) is 11.4. The number of hydrogen-bond acceptors (Lipinski definition) is 3. The van der Waals surface area contributed by atoms with Gasteiger partial charge >= 0.3 is 0 Å². The summed E-state index contributed by atoms with van der Waals surface area (Å²) in [5, 5.41) is 8.45. The highest BCUT2D eigenvalue weighted by atomic mass is 15.2. The fraction of sp³-hybridized carbons (Fsp3) is 0.440. The summed E-state index contributed by atoms with van der Waals surface area (Å²) in [5.74, 6) is 0.900. The predicted octanol–water partition coefficient (Wildman–Crippen LogP) is 3.50. The van der Waals surface area contributed by atoms with Crippen molar-refractivity contribution >= 4 is 16.9 Å². The number of guanidine groups is 1. The molecule has 164 valence electrons. The Morgan fingerprint density at radius 1 is 1.16 bits per heavy atom. The molecule has 1 aromatic carbocycles. The van der Waals surface area contributed by atoms with Crippen molar-refractivity contribution in [3.63, 3.8) is 0 Å². The van der Waals surface area contributed by atoms with E-state index in [0.717, 1.165) is 63.5 Å². The fourth-order valence-corrected chi connectivity index (χ4v) is 4.44. The molecule has 0 atom stereocenters. The van der Waals surface area contributed by atoms with Gasteiger partial charge in [0.25, 0.3) is 0 Å². The molecule has 3 N–H and O–H groups in total. The molecule has 4 rings (SSSR count). The van der Waals surface area contributed by atoms with Crippen molar-refractivity contribution in [3.05, 3.63) is 65.6 Å². The maximum atomic E-state index is 4.45. The van der Waals surface area contributed by atoms with Gasteiger partial charge < -0.3 is 15.6 Å². The molecule has 1 saturated heterocycles. The van der Waals surface area contributed by atoms with Crippen LogP contribution in [-0.4, -0.2) is 53.6 Å².